The van der Waals surface area contributed by atoms with Crippen molar-refractivity contribution in [1.82, 2.24) is 9.97 Å². The summed E-state index contributed by atoms with van der Waals surface area (Å²) in [5, 5.41) is 0.179. The molecule has 0 aliphatic rings. The number of thioether (sulfide) groups is 1. The first-order valence-electron chi connectivity index (χ1n) is 6.83. The van der Waals surface area contributed by atoms with Crippen molar-refractivity contribution in [3.63, 3.8) is 0 Å². The van der Waals surface area contributed by atoms with Crippen LogP contribution in [-0.4, -0.2) is 21.5 Å². The number of ketones is 1. The van der Waals surface area contributed by atoms with E-state index in [9.17, 15) is 4.79 Å². The second kappa shape index (κ2) is 7.63. The van der Waals surface area contributed by atoms with Crippen LogP contribution >= 0.6 is 11.8 Å². The molecule has 3 nitrogen and oxygen atoms in total. The Labute approximate surface area is 120 Å². The number of hydrogen-bond acceptors (Lipinski definition) is 4. The van der Waals surface area contributed by atoms with Crippen molar-refractivity contribution < 1.29 is 4.79 Å². The second-order valence-corrected chi connectivity index (χ2v) is 6.84. The van der Waals surface area contributed by atoms with Gasteiger partial charge in [-0.25, -0.2) is 9.97 Å². The summed E-state index contributed by atoms with van der Waals surface area (Å²) in [5.41, 5.74) is 1.06. The third kappa shape index (κ3) is 5.72. The Balaban J connectivity index is 2.79. The second-order valence-electron chi connectivity index (χ2n) is 5.60. The number of aromatic nitrogens is 2. The molecule has 0 fully saturated rings. The van der Waals surface area contributed by atoms with E-state index in [0.29, 0.717) is 18.1 Å². The summed E-state index contributed by atoms with van der Waals surface area (Å²) in [5.74, 6) is 2.83. The first-order valence-corrected chi connectivity index (χ1v) is 7.88. The summed E-state index contributed by atoms with van der Waals surface area (Å²) in [6.07, 6.45) is 4.28. The van der Waals surface area contributed by atoms with Crippen LogP contribution in [0.3, 0.4) is 0 Å². The van der Waals surface area contributed by atoms with E-state index in [0.717, 1.165) is 17.1 Å². The smallest absolute Gasteiger partial charge is 0.136 e. The number of aryl methyl sites for hydroxylation is 1. The van der Waals surface area contributed by atoms with Crippen LogP contribution in [0.4, 0.5) is 0 Å². The molecule has 0 radical (unpaired) electrons. The number of nitrogens with zero attached hydrogens (tertiary/aromatic N) is 2. The highest BCUT2D eigenvalue weighted by Gasteiger charge is 2.19. The van der Waals surface area contributed by atoms with Crippen LogP contribution in [0, 0.1) is 18.8 Å². The van der Waals surface area contributed by atoms with E-state index in [-0.39, 0.29) is 11.2 Å². The summed E-state index contributed by atoms with van der Waals surface area (Å²) in [6.45, 7) is 10.2. The maximum Gasteiger partial charge on any atom is 0.136 e. The van der Waals surface area contributed by atoms with Crippen LogP contribution < -0.4 is 0 Å². The molecule has 0 N–H and O–H groups in total. The fourth-order valence-electron chi connectivity index (χ4n) is 1.57. The summed E-state index contributed by atoms with van der Waals surface area (Å²) < 4.78 is 0. The van der Waals surface area contributed by atoms with Crippen LogP contribution in [0.25, 0.3) is 0 Å². The number of hydrogen-bond donors (Lipinski definition) is 0. The molecular weight excluding hydrogens is 256 g/mol. The van der Waals surface area contributed by atoms with Crippen molar-refractivity contribution >= 4 is 17.5 Å². The highest BCUT2D eigenvalue weighted by molar-refractivity contribution is 7.99. The van der Waals surface area contributed by atoms with Gasteiger partial charge in [0.15, 0.2) is 0 Å². The minimum absolute atomic E-state index is 0.0912. The van der Waals surface area contributed by atoms with E-state index in [1.807, 2.05) is 44.9 Å². The number of carbonyl (C=O) groups excluding carboxylic acids is 1. The molecule has 1 rings (SSSR count). The van der Waals surface area contributed by atoms with Gasteiger partial charge in [-0.15, -0.1) is 0 Å². The van der Waals surface area contributed by atoms with Crippen molar-refractivity contribution in [2.45, 2.75) is 46.3 Å². The predicted octanol–water partition coefficient (Wildman–Crippen LogP) is 3.83. The van der Waals surface area contributed by atoms with Crippen molar-refractivity contribution in [1.29, 1.82) is 0 Å². The van der Waals surface area contributed by atoms with Crippen LogP contribution in [-0.2, 0) is 4.79 Å². The lowest BCUT2D eigenvalue weighted by atomic mass is 10.0. The molecule has 0 spiro atoms. The monoisotopic (exact) mass is 280 g/mol. The number of rotatable bonds is 7. The molecule has 4 heteroatoms. The minimum atomic E-state index is 0.0912. The number of carbonyl (C=O) groups is 1. The fourth-order valence-corrected chi connectivity index (χ4v) is 2.78. The molecule has 0 aliphatic carbocycles. The standard InChI is InChI=1S/C15H24N2OS/c1-10(2)9-19-15(6-14(18)11(3)4)13-7-16-12(5)17-8-13/h7-8,10-11,15H,6,9H2,1-5H3. The van der Waals surface area contributed by atoms with Gasteiger partial charge in [-0.2, -0.15) is 11.8 Å². The average Bonchev–Trinajstić information content (AvgIpc) is 2.35. The van der Waals surface area contributed by atoms with Gasteiger partial charge in [0.1, 0.15) is 11.6 Å². The molecule has 1 atom stereocenters. The van der Waals surface area contributed by atoms with E-state index in [1.54, 1.807) is 0 Å². The Kier molecular flexibility index (Phi) is 6.49. The molecular formula is C15H24N2OS. The predicted molar refractivity (Wildman–Crippen MR) is 81.3 cm³/mol. The lowest BCUT2D eigenvalue weighted by Crippen LogP contribution is -2.12. The van der Waals surface area contributed by atoms with E-state index in [4.69, 9.17) is 0 Å². The Morgan fingerprint density at radius 3 is 2.26 bits per heavy atom. The van der Waals surface area contributed by atoms with Crippen LogP contribution in [0.1, 0.15) is 50.8 Å². The van der Waals surface area contributed by atoms with Gasteiger partial charge < -0.3 is 0 Å². The van der Waals surface area contributed by atoms with Gasteiger partial charge in [-0.3, -0.25) is 4.79 Å². The zero-order valence-corrected chi connectivity index (χ0v) is 13.3. The van der Waals surface area contributed by atoms with Crippen LogP contribution in [0.15, 0.2) is 12.4 Å². The zero-order chi connectivity index (χ0) is 14.4. The van der Waals surface area contributed by atoms with Gasteiger partial charge in [-0.1, -0.05) is 27.7 Å². The molecule has 1 aromatic rings. The maximum atomic E-state index is 12.0. The topological polar surface area (TPSA) is 42.9 Å². The van der Waals surface area contributed by atoms with E-state index in [2.05, 4.69) is 23.8 Å². The Morgan fingerprint density at radius 2 is 1.79 bits per heavy atom. The molecule has 0 amide bonds. The summed E-state index contributed by atoms with van der Waals surface area (Å²) >= 11 is 1.83. The van der Waals surface area contributed by atoms with Crippen molar-refractivity contribution in [2.24, 2.45) is 11.8 Å². The molecule has 1 aromatic heterocycles. The molecule has 106 valence electrons. The fraction of sp³-hybridized carbons (Fsp3) is 0.667. The molecule has 0 saturated carbocycles. The summed E-state index contributed by atoms with van der Waals surface area (Å²) in [7, 11) is 0. The normalized spacial score (nSPS) is 13.0. The molecule has 0 bridgehead atoms. The average molecular weight is 280 g/mol. The van der Waals surface area contributed by atoms with Crippen LogP contribution in [0.2, 0.25) is 0 Å². The van der Waals surface area contributed by atoms with Gasteiger partial charge >= 0.3 is 0 Å². The summed E-state index contributed by atoms with van der Waals surface area (Å²) in [4.78, 5) is 20.5. The van der Waals surface area contributed by atoms with Gasteiger partial charge in [0.25, 0.3) is 0 Å². The third-order valence-electron chi connectivity index (χ3n) is 2.83. The lowest BCUT2D eigenvalue weighted by molar-refractivity contribution is -0.121. The lowest BCUT2D eigenvalue weighted by Gasteiger charge is -2.18. The van der Waals surface area contributed by atoms with Gasteiger partial charge in [-0.05, 0) is 18.6 Å². The van der Waals surface area contributed by atoms with Gasteiger partial charge in [0.05, 0.1) is 0 Å². The molecule has 0 aromatic carbocycles. The van der Waals surface area contributed by atoms with Crippen LogP contribution in [0.5, 0.6) is 0 Å². The largest absolute Gasteiger partial charge is 0.299 e. The minimum Gasteiger partial charge on any atom is -0.299 e. The number of Topliss-reactive ketones (excluding diaryl/α,β-unsaturated/α-hetero) is 1. The van der Waals surface area contributed by atoms with Crippen molar-refractivity contribution in [3.05, 3.63) is 23.8 Å². The molecule has 1 unspecified atom stereocenters. The van der Waals surface area contributed by atoms with Gasteiger partial charge in [0.2, 0.25) is 0 Å². The molecule has 0 aliphatic heterocycles. The Morgan fingerprint density at radius 1 is 1.21 bits per heavy atom. The third-order valence-corrected chi connectivity index (χ3v) is 4.53. The summed E-state index contributed by atoms with van der Waals surface area (Å²) in [6, 6.07) is 0. The maximum absolute atomic E-state index is 12.0. The first kappa shape index (κ1) is 16.2. The van der Waals surface area contributed by atoms with Gasteiger partial charge in [0, 0.05) is 35.5 Å². The SMILES string of the molecule is Cc1ncc(C(CC(=O)C(C)C)SCC(C)C)cn1. The quantitative estimate of drug-likeness (QED) is 0.761. The van der Waals surface area contributed by atoms with E-state index < -0.39 is 0 Å². The van der Waals surface area contributed by atoms with E-state index >= 15 is 0 Å². The molecule has 1 heterocycles. The van der Waals surface area contributed by atoms with Crippen molar-refractivity contribution in [3.8, 4) is 0 Å². The Hall–Kier alpha value is -0.900. The Bertz CT molecular complexity index is 401. The molecule has 19 heavy (non-hydrogen) atoms. The molecule has 0 saturated heterocycles. The highest BCUT2D eigenvalue weighted by Crippen LogP contribution is 2.33. The first-order chi connectivity index (χ1) is 8.90. The van der Waals surface area contributed by atoms with E-state index in [1.165, 1.54) is 0 Å². The van der Waals surface area contributed by atoms with Crippen molar-refractivity contribution in [2.75, 3.05) is 5.75 Å². The highest BCUT2D eigenvalue weighted by atomic mass is 32.2. The zero-order valence-electron chi connectivity index (χ0n) is 12.5.